The van der Waals surface area contributed by atoms with E-state index in [9.17, 15) is 0 Å². The predicted octanol–water partition coefficient (Wildman–Crippen LogP) is 11.3. The molecule has 1 N–H and O–H groups in total. The average Bonchev–Trinajstić information content (AvgIpc) is 3.39. The zero-order valence-corrected chi connectivity index (χ0v) is 28.1. The second-order valence-electron chi connectivity index (χ2n) is 10.4. The molecule has 3 aromatic carbocycles. The molecule has 0 saturated carbocycles. The van der Waals surface area contributed by atoms with E-state index in [1.54, 1.807) is 18.0 Å². The van der Waals surface area contributed by atoms with Crippen molar-refractivity contribution in [1.29, 1.82) is 0 Å². The summed E-state index contributed by atoms with van der Waals surface area (Å²) in [4.78, 5) is 5.75. The molecule has 5 heteroatoms. The Hall–Kier alpha value is -3.70. The number of furan rings is 1. The number of rotatable bonds is 9. The van der Waals surface area contributed by atoms with Crippen molar-refractivity contribution < 1.29 is 9.15 Å². The van der Waals surface area contributed by atoms with Crippen molar-refractivity contribution in [1.82, 2.24) is 4.98 Å². The molecule has 0 aliphatic carbocycles. The van der Waals surface area contributed by atoms with E-state index in [-0.39, 0.29) is 0 Å². The lowest BCUT2D eigenvalue weighted by Gasteiger charge is -2.08. The van der Waals surface area contributed by atoms with Gasteiger partial charge in [-0.2, -0.15) is 0 Å². The Morgan fingerprint density at radius 2 is 1.44 bits per heavy atom. The number of anilines is 1. The molecule has 0 amide bonds. The third-order valence-corrected chi connectivity index (χ3v) is 6.72. The molecule has 0 bridgehead atoms. The van der Waals surface area contributed by atoms with Gasteiger partial charge in [-0.1, -0.05) is 90.1 Å². The molecule has 0 spiro atoms. The molecular weight excluding hydrogens is 548 g/mol. The van der Waals surface area contributed by atoms with Gasteiger partial charge in [0.1, 0.15) is 11.5 Å². The van der Waals surface area contributed by atoms with Gasteiger partial charge in [-0.25, -0.2) is 4.98 Å². The Kier molecular flexibility index (Phi) is 16.7. The monoisotopic (exact) mass is 598 g/mol. The molecule has 0 unspecified atom stereocenters. The smallest absolute Gasteiger partial charge is 0.229 e. The molecule has 230 valence electrons. The first-order chi connectivity index (χ1) is 20.9. The number of aromatic nitrogens is 1. The number of aryl methyl sites for hydroxylation is 1. The molecule has 0 atom stereocenters. The first kappa shape index (κ1) is 35.5. The maximum atomic E-state index is 6.14. The van der Waals surface area contributed by atoms with E-state index >= 15 is 0 Å². The molecular formula is C38H50N2O2S. The Labute approximate surface area is 264 Å². The quantitative estimate of drug-likeness (QED) is 0.171. The van der Waals surface area contributed by atoms with Gasteiger partial charge < -0.3 is 14.5 Å². The third kappa shape index (κ3) is 12.2. The van der Waals surface area contributed by atoms with Crippen LogP contribution in [0.5, 0.6) is 5.75 Å². The predicted molar refractivity (Wildman–Crippen MR) is 189 cm³/mol. The van der Waals surface area contributed by atoms with Crippen molar-refractivity contribution in [2.24, 2.45) is 5.92 Å². The number of nitrogens with one attached hydrogen (secondary N) is 1. The number of pyridine rings is 1. The maximum Gasteiger partial charge on any atom is 0.229 e. The molecule has 2 aromatic heterocycles. The van der Waals surface area contributed by atoms with E-state index in [1.807, 2.05) is 80.6 Å². The first-order valence-corrected chi connectivity index (χ1v) is 16.6. The van der Waals surface area contributed by atoms with Crippen molar-refractivity contribution in [3.05, 3.63) is 108 Å². The minimum absolute atomic E-state index is 0.660. The number of ether oxygens (including phenoxy) is 1. The summed E-state index contributed by atoms with van der Waals surface area (Å²) in [6.07, 6.45) is 5.85. The van der Waals surface area contributed by atoms with Crippen LogP contribution in [-0.2, 0) is 6.42 Å². The number of hydrogen-bond donors (Lipinski definition) is 1. The lowest BCUT2D eigenvalue weighted by atomic mass is 10.1. The van der Waals surface area contributed by atoms with Crippen molar-refractivity contribution in [3.8, 4) is 17.1 Å². The SMILES string of the molecule is CC.CC(C)C.CCCOc1ccc(-c2oc3nccc(NCCc4ccc(SC)cc4)c3c2C)cc1.c1ccccc1. The molecule has 0 aliphatic rings. The third-order valence-electron chi connectivity index (χ3n) is 5.97. The van der Waals surface area contributed by atoms with E-state index in [4.69, 9.17) is 9.15 Å². The normalized spacial score (nSPS) is 10.1. The van der Waals surface area contributed by atoms with Gasteiger partial charge in [-0.05, 0) is 80.0 Å². The Balaban J connectivity index is 0.000000454. The summed E-state index contributed by atoms with van der Waals surface area (Å²) < 4.78 is 11.8. The van der Waals surface area contributed by atoms with Crippen molar-refractivity contribution in [2.45, 2.75) is 66.2 Å². The molecule has 43 heavy (non-hydrogen) atoms. The zero-order chi connectivity index (χ0) is 31.5. The molecule has 0 aliphatic heterocycles. The van der Waals surface area contributed by atoms with Gasteiger partial charge in [0.15, 0.2) is 0 Å². The van der Waals surface area contributed by atoms with Gasteiger partial charge in [0.05, 0.1) is 12.0 Å². The van der Waals surface area contributed by atoms with Crippen LogP contribution < -0.4 is 10.1 Å². The van der Waals surface area contributed by atoms with Crippen LogP contribution in [0.25, 0.3) is 22.4 Å². The van der Waals surface area contributed by atoms with Crippen LogP contribution in [0.1, 0.15) is 59.1 Å². The number of hydrogen-bond acceptors (Lipinski definition) is 5. The average molecular weight is 599 g/mol. The molecule has 4 nitrogen and oxygen atoms in total. The highest BCUT2D eigenvalue weighted by atomic mass is 32.2. The summed E-state index contributed by atoms with van der Waals surface area (Å²) in [5.74, 6) is 2.57. The Bertz CT molecular complexity index is 1380. The highest BCUT2D eigenvalue weighted by molar-refractivity contribution is 7.98. The van der Waals surface area contributed by atoms with Crippen LogP contribution in [0.3, 0.4) is 0 Å². The summed E-state index contributed by atoms with van der Waals surface area (Å²) in [6, 6.07) is 30.8. The Morgan fingerprint density at radius 1 is 0.860 bits per heavy atom. The van der Waals surface area contributed by atoms with E-state index in [1.165, 1.54) is 10.5 Å². The van der Waals surface area contributed by atoms with Gasteiger partial charge in [-0.3, -0.25) is 0 Å². The number of nitrogens with zero attached hydrogens (tertiary/aromatic N) is 1. The van der Waals surface area contributed by atoms with Gasteiger partial charge in [-0.15, -0.1) is 11.8 Å². The number of benzene rings is 3. The fourth-order valence-electron chi connectivity index (χ4n) is 4.03. The van der Waals surface area contributed by atoms with Gasteiger partial charge >= 0.3 is 0 Å². The molecule has 0 radical (unpaired) electrons. The van der Waals surface area contributed by atoms with Gasteiger partial charge in [0.25, 0.3) is 0 Å². The van der Waals surface area contributed by atoms with Crippen LogP contribution in [-0.4, -0.2) is 24.4 Å². The van der Waals surface area contributed by atoms with Gasteiger partial charge in [0.2, 0.25) is 5.71 Å². The van der Waals surface area contributed by atoms with E-state index in [0.29, 0.717) is 5.71 Å². The topological polar surface area (TPSA) is 47.3 Å². The minimum Gasteiger partial charge on any atom is -0.494 e. The molecule has 5 aromatic rings. The fourth-order valence-corrected chi connectivity index (χ4v) is 4.44. The highest BCUT2D eigenvalue weighted by Gasteiger charge is 2.16. The van der Waals surface area contributed by atoms with Crippen molar-refractivity contribution in [2.75, 3.05) is 24.7 Å². The van der Waals surface area contributed by atoms with Crippen LogP contribution in [0.2, 0.25) is 0 Å². The summed E-state index contributed by atoms with van der Waals surface area (Å²) in [6.45, 7) is 16.3. The molecule has 0 fully saturated rings. The van der Waals surface area contributed by atoms with Crippen LogP contribution >= 0.6 is 11.8 Å². The fraction of sp³-hybridized carbons (Fsp3) is 0.342. The lowest BCUT2D eigenvalue weighted by Crippen LogP contribution is -2.05. The summed E-state index contributed by atoms with van der Waals surface area (Å²) in [5, 5.41) is 4.62. The second kappa shape index (κ2) is 20.2. The standard InChI is InChI=1S/C26H28N2O2S.C6H6.C4H10.C2H6/c1-4-17-29-21-9-7-20(8-10-21)25-18(2)24-23(14-16-28-26(24)30-25)27-15-13-19-5-11-22(31-3)12-6-19;1-2-4-6-5-3-1;1-4(2)3;1-2/h5-12,14,16H,4,13,15,17H2,1-3H3,(H,27,28);1-6H;4H,1-3H3;1-2H3. The second-order valence-corrected chi connectivity index (χ2v) is 11.3. The van der Waals surface area contributed by atoms with E-state index in [2.05, 4.69) is 75.4 Å². The molecule has 2 heterocycles. The Morgan fingerprint density at radius 3 is 1.98 bits per heavy atom. The summed E-state index contributed by atoms with van der Waals surface area (Å²) >= 11 is 1.77. The highest BCUT2D eigenvalue weighted by Crippen LogP contribution is 2.36. The first-order valence-electron chi connectivity index (χ1n) is 15.4. The number of thioether (sulfide) groups is 1. The molecule has 0 saturated heterocycles. The van der Waals surface area contributed by atoms with Crippen LogP contribution in [0.15, 0.2) is 107 Å². The maximum absolute atomic E-state index is 6.14. The van der Waals surface area contributed by atoms with Gasteiger partial charge in [0, 0.05) is 34.5 Å². The number of fused-ring (bicyclic) bond motifs is 1. The van der Waals surface area contributed by atoms with Crippen molar-refractivity contribution in [3.63, 3.8) is 0 Å². The summed E-state index contributed by atoms with van der Waals surface area (Å²) in [5.41, 5.74) is 5.16. The summed E-state index contributed by atoms with van der Waals surface area (Å²) in [7, 11) is 0. The van der Waals surface area contributed by atoms with Crippen LogP contribution in [0.4, 0.5) is 5.69 Å². The minimum atomic E-state index is 0.660. The van der Waals surface area contributed by atoms with Crippen LogP contribution in [0, 0.1) is 12.8 Å². The lowest BCUT2D eigenvalue weighted by molar-refractivity contribution is 0.317. The van der Waals surface area contributed by atoms with Crippen molar-refractivity contribution >= 4 is 28.5 Å². The largest absolute Gasteiger partial charge is 0.494 e. The zero-order valence-electron chi connectivity index (χ0n) is 27.3. The van der Waals surface area contributed by atoms with E-state index in [0.717, 1.165) is 65.6 Å². The van der Waals surface area contributed by atoms with E-state index < -0.39 is 0 Å². The molecule has 5 rings (SSSR count).